The van der Waals surface area contributed by atoms with Crippen LogP contribution in [0.1, 0.15) is 13.8 Å². The second-order valence-corrected chi connectivity index (χ2v) is 4.17. The summed E-state index contributed by atoms with van der Waals surface area (Å²) in [6.07, 6.45) is -0.898. The lowest BCUT2D eigenvalue weighted by Crippen LogP contribution is -2.45. The van der Waals surface area contributed by atoms with Crippen molar-refractivity contribution in [3.05, 3.63) is 23.2 Å². The van der Waals surface area contributed by atoms with E-state index in [0.29, 0.717) is 17.3 Å². The number of nitrogens with two attached hydrogens (primary N) is 1. The number of ether oxygens (including phenoxy) is 1. The van der Waals surface area contributed by atoms with Gasteiger partial charge in [0.05, 0.1) is 10.7 Å². The van der Waals surface area contributed by atoms with Crippen LogP contribution < -0.4 is 21.1 Å². The zero-order valence-electron chi connectivity index (χ0n) is 10.7. The normalized spacial score (nSPS) is 11.5. The molecule has 19 heavy (non-hydrogen) atoms. The number of imide groups is 1. The van der Waals surface area contributed by atoms with Crippen molar-refractivity contribution in [1.82, 2.24) is 10.6 Å². The average Bonchev–Trinajstić information content (AvgIpc) is 2.34. The van der Waals surface area contributed by atoms with Crippen molar-refractivity contribution >= 4 is 29.2 Å². The Morgan fingerprint density at radius 1 is 1.47 bits per heavy atom. The Bertz CT molecular complexity index is 459. The summed E-state index contributed by atoms with van der Waals surface area (Å²) in [6, 6.07) is 4.30. The second-order valence-electron chi connectivity index (χ2n) is 3.77. The summed E-state index contributed by atoms with van der Waals surface area (Å²) in [5.41, 5.74) is 6.02. The van der Waals surface area contributed by atoms with Crippen LogP contribution in [0, 0.1) is 0 Å². The van der Waals surface area contributed by atoms with Gasteiger partial charge in [0.25, 0.3) is 5.91 Å². The molecule has 0 bridgehead atoms. The van der Waals surface area contributed by atoms with E-state index in [1.54, 1.807) is 25.1 Å². The first-order valence-electron chi connectivity index (χ1n) is 5.75. The van der Waals surface area contributed by atoms with E-state index in [1.165, 1.54) is 6.92 Å². The molecule has 1 atom stereocenters. The van der Waals surface area contributed by atoms with Crippen molar-refractivity contribution in [2.45, 2.75) is 20.0 Å². The highest BCUT2D eigenvalue weighted by Crippen LogP contribution is 2.31. The average molecular weight is 286 g/mol. The summed E-state index contributed by atoms with van der Waals surface area (Å²) >= 11 is 5.92. The first-order valence-corrected chi connectivity index (χ1v) is 6.12. The number of carbonyl (C=O) groups is 2. The van der Waals surface area contributed by atoms with Gasteiger partial charge in [-0.2, -0.15) is 0 Å². The smallest absolute Gasteiger partial charge is 0.321 e. The fraction of sp³-hybridized carbons (Fsp3) is 0.333. The summed E-state index contributed by atoms with van der Waals surface area (Å²) in [6.45, 7) is 3.66. The van der Waals surface area contributed by atoms with Crippen LogP contribution in [0.2, 0.25) is 5.02 Å². The standard InChI is InChI=1S/C12H16ClN3O3/c1-3-15-12(18)16-11(17)7(2)19-10-8(13)5-4-6-9(10)14/h4-7H,3,14H2,1-2H3,(H2,15,16,17,18). The first-order chi connectivity index (χ1) is 8.95. The van der Waals surface area contributed by atoms with E-state index in [0.717, 1.165) is 0 Å². The van der Waals surface area contributed by atoms with Crippen molar-refractivity contribution in [2.24, 2.45) is 0 Å². The zero-order valence-corrected chi connectivity index (χ0v) is 11.5. The van der Waals surface area contributed by atoms with Gasteiger partial charge < -0.3 is 15.8 Å². The Hall–Kier alpha value is -1.95. The second kappa shape index (κ2) is 6.84. The number of hydrogen-bond acceptors (Lipinski definition) is 4. The number of nitrogens with one attached hydrogen (secondary N) is 2. The number of urea groups is 1. The number of rotatable bonds is 4. The van der Waals surface area contributed by atoms with E-state index in [4.69, 9.17) is 22.1 Å². The van der Waals surface area contributed by atoms with Crippen LogP contribution in [0.4, 0.5) is 10.5 Å². The molecule has 6 nitrogen and oxygen atoms in total. The van der Waals surface area contributed by atoms with Crippen molar-refractivity contribution in [2.75, 3.05) is 12.3 Å². The van der Waals surface area contributed by atoms with Gasteiger partial charge in [0.15, 0.2) is 11.9 Å². The molecule has 0 spiro atoms. The molecule has 0 saturated heterocycles. The van der Waals surface area contributed by atoms with Gasteiger partial charge in [-0.1, -0.05) is 17.7 Å². The molecule has 7 heteroatoms. The lowest BCUT2D eigenvalue weighted by Gasteiger charge is -2.16. The fourth-order valence-electron chi connectivity index (χ4n) is 1.30. The van der Waals surface area contributed by atoms with Gasteiger partial charge in [0.1, 0.15) is 0 Å². The van der Waals surface area contributed by atoms with Gasteiger partial charge in [0, 0.05) is 6.54 Å². The molecule has 104 valence electrons. The summed E-state index contributed by atoms with van der Waals surface area (Å²) in [4.78, 5) is 22.9. The van der Waals surface area contributed by atoms with Crippen LogP contribution in [-0.2, 0) is 4.79 Å². The summed E-state index contributed by atoms with van der Waals surface area (Å²) in [5.74, 6) is -0.354. The van der Waals surface area contributed by atoms with Crippen LogP contribution in [0.3, 0.4) is 0 Å². The fourth-order valence-corrected chi connectivity index (χ4v) is 1.52. The van der Waals surface area contributed by atoms with Crippen molar-refractivity contribution < 1.29 is 14.3 Å². The maximum Gasteiger partial charge on any atom is 0.321 e. The molecule has 3 amide bonds. The number of para-hydroxylation sites is 1. The Labute approximate surface area is 116 Å². The molecule has 0 aliphatic heterocycles. The third-order valence-corrected chi connectivity index (χ3v) is 2.53. The van der Waals surface area contributed by atoms with Gasteiger partial charge in [-0.25, -0.2) is 4.79 Å². The Kier molecular flexibility index (Phi) is 5.44. The number of benzene rings is 1. The van der Waals surface area contributed by atoms with Gasteiger partial charge in [-0.05, 0) is 26.0 Å². The monoisotopic (exact) mass is 285 g/mol. The molecule has 0 fully saturated rings. The van der Waals surface area contributed by atoms with E-state index in [2.05, 4.69) is 10.6 Å². The topological polar surface area (TPSA) is 93.5 Å². The summed E-state index contributed by atoms with van der Waals surface area (Å²) in [7, 11) is 0. The van der Waals surface area contributed by atoms with Crippen LogP contribution in [0.15, 0.2) is 18.2 Å². The predicted molar refractivity (Wildman–Crippen MR) is 73.2 cm³/mol. The molecule has 1 unspecified atom stereocenters. The number of amides is 3. The van der Waals surface area contributed by atoms with Crippen LogP contribution in [-0.4, -0.2) is 24.6 Å². The van der Waals surface area contributed by atoms with Gasteiger partial charge in [-0.15, -0.1) is 0 Å². The molecule has 0 heterocycles. The van der Waals surface area contributed by atoms with Crippen LogP contribution in [0.25, 0.3) is 0 Å². The predicted octanol–water partition coefficient (Wildman–Crippen LogP) is 1.54. The van der Waals surface area contributed by atoms with Gasteiger partial charge >= 0.3 is 6.03 Å². The minimum absolute atomic E-state index is 0.225. The molecule has 1 aromatic carbocycles. The first kappa shape index (κ1) is 15.1. The molecule has 1 rings (SSSR count). The van der Waals surface area contributed by atoms with Crippen LogP contribution in [0.5, 0.6) is 5.75 Å². The van der Waals surface area contributed by atoms with Crippen LogP contribution >= 0.6 is 11.6 Å². The molecule has 0 aromatic heterocycles. The van der Waals surface area contributed by atoms with E-state index in [-0.39, 0.29) is 5.75 Å². The molecule has 0 aliphatic carbocycles. The molecule has 0 aliphatic rings. The number of hydrogen-bond donors (Lipinski definition) is 3. The molecule has 4 N–H and O–H groups in total. The van der Waals surface area contributed by atoms with E-state index in [9.17, 15) is 9.59 Å². The lowest BCUT2D eigenvalue weighted by atomic mass is 10.3. The maximum atomic E-state index is 11.7. The zero-order chi connectivity index (χ0) is 14.4. The third kappa shape index (κ3) is 4.33. The van der Waals surface area contributed by atoms with E-state index in [1.807, 2.05) is 0 Å². The summed E-state index contributed by atoms with van der Waals surface area (Å²) in [5, 5.41) is 4.89. The third-order valence-electron chi connectivity index (χ3n) is 2.24. The van der Waals surface area contributed by atoms with Gasteiger partial charge in [-0.3, -0.25) is 10.1 Å². The number of anilines is 1. The summed E-state index contributed by atoms with van der Waals surface area (Å²) < 4.78 is 5.37. The van der Waals surface area contributed by atoms with Gasteiger partial charge in [0.2, 0.25) is 0 Å². The molecule has 0 saturated carbocycles. The SMILES string of the molecule is CCNC(=O)NC(=O)C(C)Oc1c(N)cccc1Cl. The molecular weight excluding hydrogens is 270 g/mol. The highest BCUT2D eigenvalue weighted by molar-refractivity contribution is 6.32. The maximum absolute atomic E-state index is 11.7. The van der Waals surface area contributed by atoms with E-state index >= 15 is 0 Å². The Morgan fingerprint density at radius 2 is 2.16 bits per heavy atom. The van der Waals surface area contributed by atoms with Crippen molar-refractivity contribution in [3.8, 4) is 5.75 Å². The molecule has 1 aromatic rings. The molecule has 0 radical (unpaired) electrons. The Balaban J connectivity index is 2.66. The minimum atomic E-state index is -0.898. The lowest BCUT2D eigenvalue weighted by molar-refractivity contribution is -0.126. The minimum Gasteiger partial charge on any atom is -0.477 e. The Morgan fingerprint density at radius 3 is 2.74 bits per heavy atom. The quantitative estimate of drug-likeness (QED) is 0.732. The molecular formula is C12H16ClN3O3. The highest BCUT2D eigenvalue weighted by atomic mass is 35.5. The van der Waals surface area contributed by atoms with E-state index < -0.39 is 18.0 Å². The number of nitrogen functional groups attached to an aromatic ring is 1. The largest absolute Gasteiger partial charge is 0.477 e. The number of halogens is 1. The van der Waals surface area contributed by atoms with Crippen molar-refractivity contribution in [3.63, 3.8) is 0 Å². The number of carbonyl (C=O) groups excluding carboxylic acids is 2. The highest BCUT2D eigenvalue weighted by Gasteiger charge is 2.19. The van der Waals surface area contributed by atoms with Crippen molar-refractivity contribution in [1.29, 1.82) is 0 Å².